The molecule has 7 rings (SSSR count). The maximum atomic E-state index is 14.4. The molecule has 282 valence electrons. The number of carbonyl (C=O) groups is 5. The van der Waals surface area contributed by atoms with Crippen molar-refractivity contribution in [2.24, 2.45) is 5.92 Å². The van der Waals surface area contributed by atoms with Crippen molar-refractivity contribution >= 4 is 51.5 Å². The highest BCUT2D eigenvalue weighted by atomic mass is 35.5. The van der Waals surface area contributed by atoms with Gasteiger partial charge in [-0.1, -0.05) is 61.6 Å². The van der Waals surface area contributed by atoms with Gasteiger partial charge in [-0.15, -0.1) is 0 Å². The Bertz CT molecular complexity index is 1750. The van der Waals surface area contributed by atoms with Crippen LogP contribution < -0.4 is 20.7 Å². The van der Waals surface area contributed by atoms with Gasteiger partial charge >= 0.3 is 12.1 Å². The average molecular weight is 759 g/mol. The van der Waals surface area contributed by atoms with Crippen LogP contribution in [0.15, 0.2) is 30.4 Å². The minimum Gasteiger partial charge on any atom is -0.444 e. The summed E-state index contributed by atoms with van der Waals surface area (Å²) < 4.78 is 33.7. The van der Waals surface area contributed by atoms with Crippen LogP contribution in [0.25, 0.3) is 0 Å². The van der Waals surface area contributed by atoms with Crippen LogP contribution in [-0.2, 0) is 42.2 Å². The summed E-state index contributed by atoms with van der Waals surface area (Å²) in [5.41, 5.74) is 0.224. The fourth-order valence-corrected chi connectivity index (χ4v) is 9.65. The van der Waals surface area contributed by atoms with Crippen molar-refractivity contribution in [3.63, 3.8) is 0 Å². The summed E-state index contributed by atoms with van der Waals surface area (Å²) >= 11 is 6.37. The molecule has 1 aromatic rings. The van der Waals surface area contributed by atoms with Gasteiger partial charge in [0.2, 0.25) is 21.8 Å². The monoisotopic (exact) mass is 758 g/mol. The van der Waals surface area contributed by atoms with E-state index in [0.717, 1.165) is 49.7 Å². The zero-order chi connectivity index (χ0) is 36.6. The van der Waals surface area contributed by atoms with Crippen LogP contribution in [0.1, 0.15) is 94.6 Å². The summed E-state index contributed by atoms with van der Waals surface area (Å²) in [5, 5.41) is 8.60. The molecule has 1 saturated heterocycles. The molecule has 3 heterocycles. The lowest BCUT2D eigenvalue weighted by Gasteiger charge is -2.30. The van der Waals surface area contributed by atoms with E-state index in [2.05, 4.69) is 20.7 Å². The summed E-state index contributed by atoms with van der Waals surface area (Å²) in [6.45, 7) is 0.448. The van der Waals surface area contributed by atoms with Gasteiger partial charge in [-0.2, -0.15) is 0 Å². The number of hydrogen-bond donors (Lipinski definition) is 4. The Morgan fingerprint density at radius 2 is 1.73 bits per heavy atom. The third-order valence-corrected chi connectivity index (χ3v) is 13.5. The number of amides is 6. The lowest BCUT2D eigenvalue weighted by Crippen LogP contribution is -2.59. The van der Waals surface area contributed by atoms with Gasteiger partial charge in [0, 0.05) is 29.9 Å². The van der Waals surface area contributed by atoms with Crippen molar-refractivity contribution in [2.45, 2.75) is 132 Å². The number of urea groups is 1. The highest BCUT2D eigenvalue weighted by molar-refractivity contribution is 7.91. The molecule has 4 fully saturated rings. The largest absolute Gasteiger partial charge is 0.444 e. The van der Waals surface area contributed by atoms with Crippen molar-refractivity contribution in [3.8, 4) is 0 Å². The number of fused-ring (bicyclic) bond motifs is 3. The molecule has 0 spiro atoms. The van der Waals surface area contributed by atoms with Crippen LogP contribution in [0.4, 0.5) is 9.59 Å². The molecular weight excluding hydrogens is 712 g/mol. The lowest BCUT2D eigenvalue weighted by molar-refractivity contribution is -0.141. The highest BCUT2D eigenvalue weighted by Gasteiger charge is 2.62. The van der Waals surface area contributed by atoms with Gasteiger partial charge in [0.25, 0.3) is 5.91 Å². The predicted molar refractivity (Wildman–Crippen MR) is 190 cm³/mol. The number of rotatable bonds is 6. The Morgan fingerprint density at radius 1 is 0.962 bits per heavy atom. The van der Waals surface area contributed by atoms with Crippen LogP contribution in [0.2, 0.25) is 5.02 Å². The van der Waals surface area contributed by atoms with Crippen molar-refractivity contribution in [2.75, 3.05) is 6.54 Å². The van der Waals surface area contributed by atoms with E-state index in [1.54, 1.807) is 6.07 Å². The van der Waals surface area contributed by atoms with E-state index in [1.807, 2.05) is 24.3 Å². The first kappa shape index (κ1) is 36.5. The molecule has 1 aromatic carbocycles. The van der Waals surface area contributed by atoms with Gasteiger partial charge < -0.3 is 25.6 Å². The minimum atomic E-state index is -3.89. The maximum absolute atomic E-state index is 14.4. The van der Waals surface area contributed by atoms with Gasteiger partial charge in [0.15, 0.2) is 0 Å². The number of ether oxygens (including phenoxy) is 1. The Labute approximate surface area is 308 Å². The molecule has 3 aliphatic heterocycles. The van der Waals surface area contributed by atoms with E-state index in [9.17, 15) is 32.4 Å². The first-order chi connectivity index (χ1) is 24.9. The summed E-state index contributed by atoms with van der Waals surface area (Å²) in [5.74, 6) is -2.39. The molecule has 5 atom stereocenters. The van der Waals surface area contributed by atoms with E-state index in [-0.39, 0.29) is 32.0 Å². The third kappa shape index (κ3) is 7.90. The Kier molecular flexibility index (Phi) is 10.4. The molecule has 0 radical (unpaired) electrons. The third-order valence-electron chi connectivity index (χ3n) is 11.3. The quantitative estimate of drug-likeness (QED) is 0.319. The van der Waals surface area contributed by atoms with Crippen LogP contribution >= 0.6 is 11.6 Å². The highest BCUT2D eigenvalue weighted by Crippen LogP contribution is 2.46. The van der Waals surface area contributed by atoms with Crippen molar-refractivity contribution < 1.29 is 37.1 Å². The Hall–Kier alpha value is -3.85. The van der Waals surface area contributed by atoms with E-state index < -0.39 is 74.8 Å². The Balaban J connectivity index is 1.12. The molecule has 16 heteroatoms. The number of sulfonamides is 1. The average Bonchev–Trinajstić information content (AvgIpc) is 3.88. The number of hydrogen-bond acceptors (Lipinski definition) is 8. The van der Waals surface area contributed by atoms with Gasteiger partial charge in [-0.3, -0.25) is 24.0 Å². The summed E-state index contributed by atoms with van der Waals surface area (Å²) in [4.78, 5) is 71.7. The van der Waals surface area contributed by atoms with Crippen molar-refractivity contribution in [3.05, 3.63) is 46.5 Å². The van der Waals surface area contributed by atoms with Gasteiger partial charge in [-0.05, 0) is 68.6 Å². The maximum Gasteiger partial charge on any atom is 0.410 e. The zero-order valence-electron chi connectivity index (χ0n) is 29.1. The number of nitrogens with one attached hydrogen (secondary N) is 4. The molecule has 4 N–H and O–H groups in total. The molecule has 52 heavy (non-hydrogen) atoms. The molecule has 3 aliphatic carbocycles. The smallest absolute Gasteiger partial charge is 0.410 e. The molecule has 0 bridgehead atoms. The molecule has 0 aromatic heterocycles. The number of benzene rings is 1. The second-order valence-electron chi connectivity index (χ2n) is 15.1. The van der Waals surface area contributed by atoms with E-state index >= 15 is 0 Å². The molecular formula is C36H47ClN6O8S. The second-order valence-corrected chi connectivity index (χ2v) is 17.5. The summed E-state index contributed by atoms with van der Waals surface area (Å²) in [6, 6.07) is 2.94. The van der Waals surface area contributed by atoms with Crippen LogP contribution in [-0.4, -0.2) is 89.6 Å². The fraction of sp³-hybridized carbons (Fsp3) is 0.639. The van der Waals surface area contributed by atoms with Crippen LogP contribution in [0, 0.1) is 5.92 Å². The van der Waals surface area contributed by atoms with E-state index in [0.29, 0.717) is 43.7 Å². The standard InChI is InChI=1S/C36H47ClN6O8S/c37-28-13-8-9-22-19-42(21-27(22)28)35(48)51-25-17-30-31(44)40-36(33(46)41-52(49,50)26-15-16-26)18-23(36)10-4-2-1-3-5-14-29(32(45)43(30)20-25)39-34(47)38-24-11-6-7-12-24/h4,8-10,13,23-26,29-30H,1-3,5-7,11-12,14-21H2,(H,40,44)(H,41,46)(H2,38,39,47)/b10-4-/t23-,25-,29+,30+,36-/m1/s1. The lowest BCUT2D eigenvalue weighted by atomic mass is 10.0. The van der Waals surface area contributed by atoms with Crippen molar-refractivity contribution in [1.82, 2.24) is 30.5 Å². The number of carbonyl (C=O) groups excluding carboxylic acids is 5. The number of nitrogens with zero attached hydrogens (tertiary/aromatic N) is 2. The molecule has 14 nitrogen and oxygen atoms in total. The minimum absolute atomic E-state index is 0.0300. The zero-order valence-corrected chi connectivity index (χ0v) is 30.7. The molecule has 6 amide bonds. The van der Waals surface area contributed by atoms with Gasteiger partial charge in [0.05, 0.1) is 18.3 Å². The van der Waals surface area contributed by atoms with E-state index in [4.69, 9.17) is 16.3 Å². The fourth-order valence-electron chi connectivity index (χ4n) is 8.03. The predicted octanol–water partition coefficient (Wildman–Crippen LogP) is 3.38. The molecule has 0 unspecified atom stereocenters. The van der Waals surface area contributed by atoms with Crippen LogP contribution in [0.5, 0.6) is 0 Å². The topological polar surface area (TPSA) is 183 Å². The number of allylic oxidation sites excluding steroid dienone is 1. The SMILES string of the molecule is O=C(NC1CCCC1)N[C@H]1CCCCC/C=C\[C@@H]2C[C@@]2(C(=O)NS(=O)(=O)C2CC2)NC(=O)[C@@H]2C[C@@H](OC(=O)N3Cc4cccc(Cl)c4C3)CN2C1=O. The van der Waals surface area contributed by atoms with Gasteiger partial charge in [0.1, 0.15) is 23.7 Å². The normalized spacial score (nSPS) is 30.2. The molecule has 6 aliphatic rings. The van der Waals surface area contributed by atoms with Crippen molar-refractivity contribution in [1.29, 1.82) is 0 Å². The Morgan fingerprint density at radius 3 is 2.48 bits per heavy atom. The summed E-state index contributed by atoms with van der Waals surface area (Å²) in [6.07, 6.45) is 10.4. The van der Waals surface area contributed by atoms with Crippen LogP contribution in [0.3, 0.4) is 0 Å². The summed E-state index contributed by atoms with van der Waals surface area (Å²) in [7, 11) is -3.89. The van der Waals surface area contributed by atoms with Gasteiger partial charge in [-0.25, -0.2) is 18.0 Å². The molecule has 3 saturated carbocycles. The number of halogens is 1. The first-order valence-electron chi connectivity index (χ1n) is 18.6. The first-order valence-corrected chi connectivity index (χ1v) is 20.5. The van der Waals surface area contributed by atoms with E-state index in [1.165, 1.54) is 9.80 Å². The second kappa shape index (κ2) is 14.9.